The van der Waals surface area contributed by atoms with Gasteiger partial charge in [0.1, 0.15) is 0 Å². The number of pyridine rings is 2. The van der Waals surface area contributed by atoms with Gasteiger partial charge in [-0.05, 0) is 49.1 Å². The van der Waals surface area contributed by atoms with Crippen LogP contribution in [0.25, 0.3) is 5.65 Å². The van der Waals surface area contributed by atoms with Crippen molar-refractivity contribution in [2.24, 2.45) is 5.92 Å². The summed E-state index contributed by atoms with van der Waals surface area (Å²) in [5, 5.41) is 11.0. The van der Waals surface area contributed by atoms with Crippen LogP contribution in [-0.4, -0.2) is 45.1 Å². The van der Waals surface area contributed by atoms with Gasteiger partial charge in [-0.25, -0.2) is 0 Å². The van der Waals surface area contributed by atoms with Gasteiger partial charge in [0.15, 0.2) is 5.65 Å². The smallest absolute Gasteiger partial charge is 0.355 e. The Morgan fingerprint density at radius 1 is 1.17 bits per heavy atom. The third kappa shape index (κ3) is 4.37. The average molecular weight is 418 g/mol. The van der Waals surface area contributed by atoms with Crippen LogP contribution < -0.4 is 10.2 Å². The molecule has 3 aromatic rings. The van der Waals surface area contributed by atoms with Crippen molar-refractivity contribution in [3.63, 3.8) is 0 Å². The van der Waals surface area contributed by atoms with E-state index >= 15 is 0 Å². The van der Waals surface area contributed by atoms with Gasteiger partial charge < -0.3 is 10.2 Å². The lowest BCUT2D eigenvalue weighted by Gasteiger charge is -2.32. The molecule has 3 aromatic heterocycles. The minimum absolute atomic E-state index is 0.0569. The fourth-order valence-corrected chi connectivity index (χ4v) is 3.66. The summed E-state index contributed by atoms with van der Waals surface area (Å²) < 4.78 is 40.6. The SMILES string of the molecule is O=C(NCCc1ccncc1)C1CCCN(c2nnc3ccc(C(F)(F)F)cn23)C1. The average Bonchev–Trinajstić information content (AvgIpc) is 3.17. The summed E-state index contributed by atoms with van der Waals surface area (Å²) in [6.07, 6.45) is 2.16. The largest absolute Gasteiger partial charge is 0.417 e. The molecule has 7 nitrogen and oxygen atoms in total. The van der Waals surface area contributed by atoms with Crippen molar-refractivity contribution in [2.75, 3.05) is 24.5 Å². The maximum Gasteiger partial charge on any atom is 0.417 e. The van der Waals surface area contributed by atoms with Crippen molar-refractivity contribution in [2.45, 2.75) is 25.4 Å². The van der Waals surface area contributed by atoms with E-state index in [4.69, 9.17) is 0 Å². The molecule has 1 amide bonds. The zero-order chi connectivity index (χ0) is 21.1. The second-order valence-electron chi connectivity index (χ2n) is 7.33. The number of anilines is 1. The van der Waals surface area contributed by atoms with Gasteiger partial charge >= 0.3 is 6.18 Å². The van der Waals surface area contributed by atoms with Crippen LogP contribution in [0.5, 0.6) is 0 Å². The van der Waals surface area contributed by atoms with Crippen LogP contribution in [0, 0.1) is 5.92 Å². The van der Waals surface area contributed by atoms with Gasteiger partial charge in [-0.3, -0.25) is 14.2 Å². The Balaban J connectivity index is 1.43. The fraction of sp³-hybridized carbons (Fsp3) is 0.400. The van der Waals surface area contributed by atoms with E-state index in [2.05, 4.69) is 20.5 Å². The first-order valence-electron chi connectivity index (χ1n) is 9.75. The van der Waals surface area contributed by atoms with E-state index in [1.807, 2.05) is 17.0 Å². The number of aromatic nitrogens is 4. The summed E-state index contributed by atoms with van der Waals surface area (Å²) in [4.78, 5) is 18.4. The number of alkyl halides is 3. The molecule has 158 valence electrons. The van der Waals surface area contributed by atoms with Crippen LogP contribution in [-0.2, 0) is 17.4 Å². The van der Waals surface area contributed by atoms with Crippen molar-refractivity contribution in [1.82, 2.24) is 24.9 Å². The van der Waals surface area contributed by atoms with E-state index < -0.39 is 11.7 Å². The number of halogens is 3. The molecule has 0 bridgehead atoms. The summed E-state index contributed by atoms with van der Waals surface area (Å²) in [6, 6.07) is 6.09. The highest BCUT2D eigenvalue weighted by atomic mass is 19.4. The molecule has 0 aliphatic carbocycles. The lowest BCUT2D eigenvalue weighted by atomic mass is 9.97. The van der Waals surface area contributed by atoms with E-state index in [0.29, 0.717) is 37.7 Å². The summed E-state index contributed by atoms with van der Waals surface area (Å²) in [7, 11) is 0. The Morgan fingerprint density at radius 2 is 1.97 bits per heavy atom. The van der Waals surface area contributed by atoms with E-state index in [9.17, 15) is 18.0 Å². The number of nitrogens with zero attached hydrogens (tertiary/aromatic N) is 5. The second-order valence-corrected chi connectivity index (χ2v) is 7.33. The van der Waals surface area contributed by atoms with Crippen LogP contribution >= 0.6 is 0 Å². The first kappa shape index (κ1) is 20.1. The number of hydrogen-bond acceptors (Lipinski definition) is 5. The molecule has 4 rings (SSSR count). The van der Waals surface area contributed by atoms with Gasteiger partial charge in [0, 0.05) is 38.2 Å². The van der Waals surface area contributed by atoms with Crippen LogP contribution in [0.15, 0.2) is 42.9 Å². The number of amides is 1. The minimum atomic E-state index is -4.45. The molecule has 1 aliphatic heterocycles. The van der Waals surface area contributed by atoms with Crippen LogP contribution in [0.3, 0.4) is 0 Å². The topological polar surface area (TPSA) is 75.4 Å². The highest BCUT2D eigenvalue weighted by Gasteiger charge is 2.32. The molecule has 30 heavy (non-hydrogen) atoms. The third-order valence-electron chi connectivity index (χ3n) is 5.25. The molecule has 0 spiro atoms. The maximum atomic E-state index is 13.1. The molecular weight excluding hydrogens is 397 g/mol. The Bertz CT molecular complexity index is 1020. The van der Waals surface area contributed by atoms with Gasteiger partial charge in [-0.1, -0.05) is 0 Å². The Kier molecular flexibility index (Phi) is 5.56. The molecule has 0 aromatic carbocycles. The molecule has 1 atom stereocenters. The quantitative estimate of drug-likeness (QED) is 0.690. The fourth-order valence-electron chi connectivity index (χ4n) is 3.66. The van der Waals surface area contributed by atoms with Gasteiger partial charge in [-0.15, -0.1) is 10.2 Å². The Hall–Kier alpha value is -3.17. The van der Waals surface area contributed by atoms with Gasteiger partial charge in [0.2, 0.25) is 11.9 Å². The first-order valence-corrected chi connectivity index (χ1v) is 9.75. The van der Waals surface area contributed by atoms with E-state index in [1.54, 1.807) is 12.4 Å². The zero-order valence-corrected chi connectivity index (χ0v) is 16.1. The third-order valence-corrected chi connectivity index (χ3v) is 5.25. The number of hydrogen-bond donors (Lipinski definition) is 1. The molecule has 1 saturated heterocycles. The zero-order valence-electron chi connectivity index (χ0n) is 16.1. The standard InChI is InChI=1S/C20H21F3N6O/c21-20(22,23)16-3-4-17-26-27-19(29(17)13-16)28-11-1-2-15(12-28)18(30)25-10-7-14-5-8-24-9-6-14/h3-6,8-9,13,15H,1-2,7,10-12H2,(H,25,30). The summed E-state index contributed by atoms with van der Waals surface area (Å²) in [5.74, 6) is 0.0123. The molecule has 1 N–H and O–H groups in total. The van der Waals surface area contributed by atoms with Gasteiger partial charge in [-0.2, -0.15) is 13.2 Å². The number of piperidine rings is 1. The predicted octanol–water partition coefficient (Wildman–Crippen LogP) is 2.72. The van der Waals surface area contributed by atoms with E-state index in [0.717, 1.165) is 30.7 Å². The molecule has 10 heteroatoms. The van der Waals surface area contributed by atoms with Crippen molar-refractivity contribution in [3.05, 3.63) is 54.0 Å². The summed E-state index contributed by atoms with van der Waals surface area (Å²) >= 11 is 0. The summed E-state index contributed by atoms with van der Waals surface area (Å²) in [5.41, 5.74) is 0.659. The normalized spacial score (nSPS) is 17.3. The molecule has 0 radical (unpaired) electrons. The van der Waals surface area contributed by atoms with E-state index in [-0.39, 0.29) is 11.8 Å². The molecule has 1 fully saturated rings. The molecule has 1 aliphatic rings. The number of carbonyl (C=O) groups is 1. The van der Waals surface area contributed by atoms with Crippen molar-refractivity contribution in [1.29, 1.82) is 0 Å². The number of nitrogens with one attached hydrogen (secondary N) is 1. The highest BCUT2D eigenvalue weighted by Crippen LogP contribution is 2.30. The van der Waals surface area contributed by atoms with Gasteiger partial charge in [0.25, 0.3) is 0 Å². The van der Waals surface area contributed by atoms with Crippen LogP contribution in [0.4, 0.5) is 19.1 Å². The molecule has 4 heterocycles. The monoisotopic (exact) mass is 418 g/mol. The lowest BCUT2D eigenvalue weighted by Crippen LogP contribution is -2.44. The molecule has 0 saturated carbocycles. The Morgan fingerprint density at radius 3 is 2.73 bits per heavy atom. The number of fused-ring (bicyclic) bond motifs is 1. The lowest BCUT2D eigenvalue weighted by molar-refractivity contribution is -0.137. The molecule has 1 unspecified atom stereocenters. The Labute approximate surface area is 170 Å². The van der Waals surface area contributed by atoms with Crippen LogP contribution in [0.1, 0.15) is 24.0 Å². The van der Waals surface area contributed by atoms with Crippen molar-refractivity contribution < 1.29 is 18.0 Å². The van der Waals surface area contributed by atoms with E-state index in [1.165, 1.54) is 10.5 Å². The van der Waals surface area contributed by atoms with Crippen molar-refractivity contribution >= 4 is 17.5 Å². The predicted molar refractivity (Wildman–Crippen MR) is 104 cm³/mol. The minimum Gasteiger partial charge on any atom is -0.355 e. The highest BCUT2D eigenvalue weighted by molar-refractivity contribution is 5.79. The van der Waals surface area contributed by atoms with Crippen LogP contribution in [0.2, 0.25) is 0 Å². The number of carbonyl (C=O) groups excluding carboxylic acids is 1. The molecular formula is C20H21F3N6O. The van der Waals surface area contributed by atoms with Crippen molar-refractivity contribution in [3.8, 4) is 0 Å². The second kappa shape index (κ2) is 8.29. The first-order chi connectivity index (χ1) is 14.4. The van der Waals surface area contributed by atoms with Gasteiger partial charge in [0.05, 0.1) is 11.5 Å². The maximum absolute atomic E-state index is 13.1. The summed E-state index contributed by atoms with van der Waals surface area (Å²) in [6.45, 7) is 1.51. The number of rotatable bonds is 5.